The zero-order valence-corrected chi connectivity index (χ0v) is 13.1. The summed E-state index contributed by atoms with van der Waals surface area (Å²) < 4.78 is 15.3. The van der Waals surface area contributed by atoms with Gasteiger partial charge >= 0.3 is 0 Å². The third-order valence-corrected chi connectivity index (χ3v) is 4.36. The molecule has 1 aromatic carbocycles. The Hall–Kier alpha value is -2.21. The summed E-state index contributed by atoms with van der Waals surface area (Å²) in [6.07, 6.45) is 4.27. The molecule has 2 atom stereocenters. The van der Waals surface area contributed by atoms with E-state index < -0.39 is 0 Å². The van der Waals surface area contributed by atoms with Gasteiger partial charge in [-0.25, -0.2) is 4.39 Å². The van der Waals surface area contributed by atoms with Crippen molar-refractivity contribution in [2.24, 2.45) is 13.0 Å². The van der Waals surface area contributed by atoms with Crippen molar-refractivity contribution in [1.82, 2.24) is 20.4 Å². The van der Waals surface area contributed by atoms with E-state index in [1.807, 2.05) is 19.4 Å². The number of rotatable bonds is 5. The van der Waals surface area contributed by atoms with Crippen LogP contribution in [0.4, 0.5) is 4.39 Å². The van der Waals surface area contributed by atoms with Gasteiger partial charge < -0.3 is 10.6 Å². The number of hydrogen-bond acceptors (Lipinski definition) is 3. The Morgan fingerprint density at radius 2 is 2.26 bits per heavy atom. The van der Waals surface area contributed by atoms with Crippen molar-refractivity contribution in [3.8, 4) is 0 Å². The lowest BCUT2D eigenvalue weighted by atomic mass is 9.90. The molecular formula is C17H21FN4O. The summed E-state index contributed by atoms with van der Waals surface area (Å²) in [5.74, 6) is -0.185. The van der Waals surface area contributed by atoms with Gasteiger partial charge in [-0.05, 0) is 23.6 Å². The lowest BCUT2D eigenvalue weighted by molar-refractivity contribution is -0.124. The van der Waals surface area contributed by atoms with Crippen LogP contribution in [0, 0.1) is 11.7 Å². The maximum absolute atomic E-state index is 13.6. The van der Waals surface area contributed by atoms with Gasteiger partial charge in [-0.3, -0.25) is 9.48 Å². The number of aromatic nitrogens is 2. The van der Waals surface area contributed by atoms with Gasteiger partial charge in [0, 0.05) is 38.8 Å². The van der Waals surface area contributed by atoms with Gasteiger partial charge in [0.25, 0.3) is 0 Å². The average Bonchev–Trinajstić information content (AvgIpc) is 3.17. The van der Waals surface area contributed by atoms with Gasteiger partial charge in [0.05, 0.1) is 12.1 Å². The molecule has 1 fully saturated rings. The predicted molar refractivity (Wildman–Crippen MR) is 85.4 cm³/mol. The molecule has 23 heavy (non-hydrogen) atoms. The molecule has 0 unspecified atom stereocenters. The molecule has 0 bridgehead atoms. The van der Waals surface area contributed by atoms with Crippen LogP contribution in [0.5, 0.6) is 0 Å². The molecule has 0 saturated carbocycles. The molecule has 0 aliphatic carbocycles. The summed E-state index contributed by atoms with van der Waals surface area (Å²) in [5.41, 5.74) is 1.70. The first kappa shape index (κ1) is 15.7. The zero-order chi connectivity index (χ0) is 16.2. The molecule has 1 aliphatic rings. The number of benzene rings is 1. The van der Waals surface area contributed by atoms with E-state index in [0.717, 1.165) is 12.1 Å². The van der Waals surface area contributed by atoms with E-state index in [4.69, 9.17) is 0 Å². The second-order valence-corrected chi connectivity index (χ2v) is 5.95. The van der Waals surface area contributed by atoms with Gasteiger partial charge in [0.2, 0.25) is 5.91 Å². The molecule has 5 nitrogen and oxygen atoms in total. The van der Waals surface area contributed by atoms with Gasteiger partial charge in [0.15, 0.2) is 0 Å². The molecular weight excluding hydrogens is 295 g/mol. The maximum atomic E-state index is 13.6. The first-order chi connectivity index (χ1) is 11.1. The van der Waals surface area contributed by atoms with Crippen molar-refractivity contribution in [2.75, 3.05) is 19.6 Å². The molecule has 0 radical (unpaired) electrons. The second-order valence-electron chi connectivity index (χ2n) is 5.95. The van der Waals surface area contributed by atoms with Crippen LogP contribution >= 0.6 is 0 Å². The molecule has 1 saturated heterocycles. The minimum Gasteiger partial charge on any atom is -0.355 e. The Kier molecular flexibility index (Phi) is 4.71. The predicted octanol–water partition coefficient (Wildman–Crippen LogP) is 1.22. The first-order valence-electron chi connectivity index (χ1n) is 7.85. The monoisotopic (exact) mass is 316 g/mol. The summed E-state index contributed by atoms with van der Waals surface area (Å²) in [4.78, 5) is 12.4. The van der Waals surface area contributed by atoms with Crippen molar-refractivity contribution >= 4 is 5.91 Å². The SMILES string of the molecule is Cn1cc([C@H]2CNC[C@@H]2C(=O)NCCc2ccccc2F)cn1. The molecule has 1 amide bonds. The number of carbonyl (C=O) groups excluding carboxylic acids is 1. The standard InChI is InChI=1S/C17H21FN4O/c1-22-11-13(8-21-22)14-9-19-10-15(14)17(23)20-7-6-12-4-2-3-5-16(12)18/h2-5,8,11,14-15,19H,6-7,9-10H2,1H3,(H,20,23)/t14-,15+/m1/s1. The average molecular weight is 316 g/mol. The van der Waals surface area contributed by atoms with Gasteiger partial charge in [-0.2, -0.15) is 5.10 Å². The lowest BCUT2D eigenvalue weighted by Crippen LogP contribution is -2.35. The van der Waals surface area contributed by atoms with Crippen LogP contribution in [0.2, 0.25) is 0 Å². The van der Waals surface area contributed by atoms with E-state index in [2.05, 4.69) is 15.7 Å². The topological polar surface area (TPSA) is 59.0 Å². The highest BCUT2D eigenvalue weighted by Crippen LogP contribution is 2.27. The molecule has 0 spiro atoms. The first-order valence-corrected chi connectivity index (χ1v) is 7.85. The van der Waals surface area contributed by atoms with Crippen molar-refractivity contribution in [3.05, 3.63) is 53.6 Å². The highest BCUT2D eigenvalue weighted by molar-refractivity contribution is 5.80. The number of amides is 1. The largest absolute Gasteiger partial charge is 0.355 e. The van der Waals surface area contributed by atoms with Crippen molar-refractivity contribution in [2.45, 2.75) is 12.3 Å². The van der Waals surface area contributed by atoms with Crippen LogP contribution in [0.1, 0.15) is 17.0 Å². The molecule has 3 rings (SSSR count). The Labute approximate surface area is 134 Å². The Balaban J connectivity index is 1.56. The summed E-state index contributed by atoms with van der Waals surface area (Å²) in [7, 11) is 1.87. The summed E-state index contributed by atoms with van der Waals surface area (Å²) in [5, 5.41) is 10.4. The smallest absolute Gasteiger partial charge is 0.225 e. The fourth-order valence-electron chi connectivity index (χ4n) is 3.09. The molecule has 1 aromatic heterocycles. The van der Waals surface area contributed by atoms with E-state index in [1.165, 1.54) is 6.07 Å². The van der Waals surface area contributed by atoms with Gasteiger partial charge in [0.1, 0.15) is 5.82 Å². The Morgan fingerprint density at radius 1 is 1.43 bits per heavy atom. The van der Waals surface area contributed by atoms with E-state index in [1.54, 1.807) is 22.9 Å². The molecule has 2 aromatic rings. The highest BCUT2D eigenvalue weighted by Gasteiger charge is 2.34. The summed E-state index contributed by atoms with van der Waals surface area (Å²) in [6.45, 7) is 1.87. The zero-order valence-electron chi connectivity index (χ0n) is 13.1. The van der Waals surface area contributed by atoms with Crippen LogP contribution in [0.3, 0.4) is 0 Å². The molecule has 2 heterocycles. The van der Waals surface area contributed by atoms with Crippen LogP contribution in [-0.4, -0.2) is 35.3 Å². The number of nitrogens with zero attached hydrogens (tertiary/aromatic N) is 2. The highest BCUT2D eigenvalue weighted by atomic mass is 19.1. The maximum Gasteiger partial charge on any atom is 0.225 e. The molecule has 122 valence electrons. The van der Waals surface area contributed by atoms with Crippen LogP contribution in [0.25, 0.3) is 0 Å². The second kappa shape index (κ2) is 6.91. The molecule has 1 aliphatic heterocycles. The lowest BCUT2D eigenvalue weighted by Gasteiger charge is -2.17. The number of halogens is 1. The van der Waals surface area contributed by atoms with E-state index in [0.29, 0.717) is 25.1 Å². The van der Waals surface area contributed by atoms with Crippen LogP contribution < -0.4 is 10.6 Å². The summed E-state index contributed by atoms with van der Waals surface area (Å²) in [6, 6.07) is 6.66. The van der Waals surface area contributed by atoms with Gasteiger partial charge in [-0.1, -0.05) is 18.2 Å². The minimum absolute atomic E-state index is 0.0141. The number of aryl methyl sites for hydroxylation is 1. The number of carbonyl (C=O) groups is 1. The van der Waals surface area contributed by atoms with Crippen LogP contribution in [0.15, 0.2) is 36.7 Å². The Bertz CT molecular complexity index is 685. The third-order valence-electron chi connectivity index (χ3n) is 4.36. The van der Waals surface area contributed by atoms with Gasteiger partial charge in [-0.15, -0.1) is 0 Å². The third kappa shape index (κ3) is 3.59. The van der Waals surface area contributed by atoms with E-state index in [9.17, 15) is 9.18 Å². The fraction of sp³-hybridized carbons (Fsp3) is 0.412. The minimum atomic E-state index is -0.225. The van der Waals surface area contributed by atoms with Crippen molar-refractivity contribution in [3.63, 3.8) is 0 Å². The molecule has 2 N–H and O–H groups in total. The van der Waals surface area contributed by atoms with Crippen molar-refractivity contribution < 1.29 is 9.18 Å². The Morgan fingerprint density at radius 3 is 3.00 bits per heavy atom. The quantitative estimate of drug-likeness (QED) is 0.872. The van der Waals surface area contributed by atoms with E-state index >= 15 is 0 Å². The number of hydrogen-bond donors (Lipinski definition) is 2. The number of nitrogens with one attached hydrogen (secondary N) is 2. The summed E-state index contributed by atoms with van der Waals surface area (Å²) >= 11 is 0. The fourth-order valence-corrected chi connectivity index (χ4v) is 3.09. The molecule has 6 heteroatoms. The normalized spacial score (nSPS) is 20.6. The van der Waals surface area contributed by atoms with Crippen molar-refractivity contribution in [1.29, 1.82) is 0 Å². The van der Waals surface area contributed by atoms with Crippen LogP contribution in [-0.2, 0) is 18.3 Å². The van der Waals surface area contributed by atoms with E-state index in [-0.39, 0.29) is 23.6 Å².